The fraction of sp³-hybridized carbons (Fsp3) is 0.350. The summed E-state index contributed by atoms with van der Waals surface area (Å²) >= 11 is 0. The van der Waals surface area contributed by atoms with Crippen LogP contribution >= 0.6 is 0 Å². The first-order valence-corrected chi connectivity index (χ1v) is 10.5. The first-order chi connectivity index (χ1) is 12.4. The Hall–Kier alpha value is -2.34. The molecule has 2 aromatic rings. The molecule has 2 aromatic carbocycles. The number of benzene rings is 2. The smallest absolute Gasteiger partial charge is 0.307 e. The van der Waals surface area contributed by atoms with E-state index in [4.69, 9.17) is 0 Å². The maximum absolute atomic E-state index is 12.5. The molecule has 0 atom stereocenters. The normalized spacial score (nSPS) is 15.4. The third-order valence-corrected chi connectivity index (χ3v) is 6.57. The average molecular weight is 370 g/mol. The summed E-state index contributed by atoms with van der Waals surface area (Å²) in [5.74, 6) is 0. The summed E-state index contributed by atoms with van der Waals surface area (Å²) in [6.45, 7) is 1.82. The lowest BCUT2D eigenvalue weighted by Crippen LogP contribution is -2.35. The number of carbonyl (C=O) groups is 1. The number of aryl methyl sites for hydroxylation is 3. The van der Waals surface area contributed by atoms with Gasteiger partial charge >= 0.3 is 6.03 Å². The molecule has 0 aliphatic heterocycles. The van der Waals surface area contributed by atoms with Gasteiger partial charge in [-0.2, -0.15) is 0 Å². The third kappa shape index (κ3) is 3.09. The van der Waals surface area contributed by atoms with Gasteiger partial charge in [-0.1, -0.05) is 18.2 Å². The van der Waals surface area contributed by atoms with Crippen LogP contribution in [0.25, 0.3) is 0 Å². The molecule has 0 aromatic heterocycles. The van der Waals surface area contributed by atoms with E-state index in [-0.39, 0.29) is 4.90 Å². The molecule has 2 aliphatic rings. The number of sulfonamides is 1. The Balaban J connectivity index is 1.60. The fourth-order valence-electron chi connectivity index (χ4n) is 4.07. The maximum atomic E-state index is 12.5. The zero-order chi connectivity index (χ0) is 18.3. The van der Waals surface area contributed by atoms with E-state index in [0.717, 1.165) is 49.8 Å². The standard InChI is InChI=1S/C20H22N2O3S/c1-13-5-2-8-16(11-13)26(24,25)22-20(23)21-19-17-9-3-6-14(17)12-15-7-4-10-18(15)19/h2,5,8,11-12H,3-4,6-7,9-10H2,1H3,(H2,21,22,23). The van der Waals surface area contributed by atoms with Crippen LogP contribution in [0, 0.1) is 6.92 Å². The molecular weight excluding hydrogens is 348 g/mol. The number of hydrogen-bond acceptors (Lipinski definition) is 3. The molecule has 6 heteroatoms. The van der Waals surface area contributed by atoms with Crippen molar-refractivity contribution in [2.75, 3.05) is 5.32 Å². The molecule has 0 saturated heterocycles. The SMILES string of the molecule is Cc1cccc(S(=O)(=O)NC(=O)Nc2c3c(cc4c2CCC4)CCC3)c1. The number of carbonyl (C=O) groups excluding carboxylic acids is 1. The predicted octanol–water partition coefficient (Wildman–Crippen LogP) is 3.48. The van der Waals surface area contributed by atoms with Gasteiger partial charge in [-0.15, -0.1) is 0 Å². The van der Waals surface area contributed by atoms with E-state index < -0.39 is 16.1 Å². The van der Waals surface area contributed by atoms with Gasteiger partial charge in [-0.3, -0.25) is 0 Å². The van der Waals surface area contributed by atoms with Gasteiger partial charge in [0.05, 0.1) is 4.90 Å². The zero-order valence-electron chi connectivity index (χ0n) is 14.8. The molecule has 0 radical (unpaired) electrons. The van der Waals surface area contributed by atoms with Crippen LogP contribution in [0.1, 0.15) is 40.7 Å². The van der Waals surface area contributed by atoms with Gasteiger partial charge in [0.2, 0.25) is 0 Å². The second-order valence-electron chi connectivity index (χ2n) is 7.11. The van der Waals surface area contributed by atoms with E-state index in [2.05, 4.69) is 16.1 Å². The molecule has 0 unspecified atom stereocenters. The number of hydrogen-bond donors (Lipinski definition) is 2. The summed E-state index contributed by atoms with van der Waals surface area (Å²) in [6.07, 6.45) is 6.08. The number of urea groups is 1. The van der Waals surface area contributed by atoms with Crippen LogP contribution in [-0.2, 0) is 35.7 Å². The Morgan fingerprint density at radius 1 is 0.962 bits per heavy atom. The maximum Gasteiger partial charge on any atom is 0.333 e. The number of nitrogens with one attached hydrogen (secondary N) is 2. The molecule has 0 fully saturated rings. The second-order valence-corrected chi connectivity index (χ2v) is 8.79. The van der Waals surface area contributed by atoms with Crippen LogP contribution in [0.15, 0.2) is 35.2 Å². The van der Waals surface area contributed by atoms with Crippen LogP contribution in [0.3, 0.4) is 0 Å². The van der Waals surface area contributed by atoms with E-state index >= 15 is 0 Å². The Bertz CT molecular complexity index is 964. The summed E-state index contributed by atoms with van der Waals surface area (Å²) < 4.78 is 27.1. The van der Waals surface area contributed by atoms with Crippen molar-refractivity contribution < 1.29 is 13.2 Å². The highest BCUT2D eigenvalue weighted by atomic mass is 32.2. The van der Waals surface area contributed by atoms with Crippen molar-refractivity contribution in [3.8, 4) is 0 Å². The van der Waals surface area contributed by atoms with Crippen LogP contribution < -0.4 is 10.0 Å². The first kappa shape index (κ1) is 17.1. The summed E-state index contributed by atoms with van der Waals surface area (Å²) in [7, 11) is -3.89. The molecule has 0 heterocycles. The van der Waals surface area contributed by atoms with Gasteiger partial charge in [0.25, 0.3) is 10.0 Å². The highest BCUT2D eigenvalue weighted by Gasteiger charge is 2.26. The molecule has 5 nitrogen and oxygen atoms in total. The molecule has 2 aliphatic carbocycles. The van der Waals surface area contributed by atoms with Crippen LogP contribution in [-0.4, -0.2) is 14.4 Å². The van der Waals surface area contributed by atoms with Crippen molar-refractivity contribution in [1.29, 1.82) is 0 Å². The van der Waals surface area contributed by atoms with E-state index in [1.165, 1.54) is 28.3 Å². The lowest BCUT2D eigenvalue weighted by molar-refractivity contribution is 0.256. The van der Waals surface area contributed by atoms with Crippen molar-refractivity contribution in [3.63, 3.8) is 0 Å². The number of amides is 2. The molecular formula is C20H22N2O3S. The highest BCUT2D eigenvalue weighted by Crippen LogP contribution is 2.38. The molecule has 136 valence electrons. The van der Waals surface area contributed by atoms with E-state index in [1.54, 1.807) is 12.1 Å². The van der Waals surface area contributed by atoms with Crippen LogP contribution in [0.4, 0.5) is 10.5 Å². The van der Waals surface area contributed by atoms with Crippen molar-refractivity contribution in [2.45, 2.75) is 50.3 Å². The Morgan fingerprint density at radius 2 is 1.62 bits per heavy atom. The van der Waals surface area contributed by atoms with Gasteiger partial charge in [0, 0.05) is 5.69 Å². The minimum atomic E-state index is -3.89. The summed E-state index contributed by atoms with van der Waals surface area (Å²) in [6, 6.07) is 8.10. The third-order valence-electron chi connectivity index (χ3n) is 5.24. The number of rotatable bonds is 3. The van der Waals surface area contributed by atoms with Crippen molar-refractivity contribution in [2.24, 2.45) is 0 Å². The van der Waals surface area contributed by atoms with Crippen molar-refractivity contribution in [1.82, 2.24) is 4.72 Å². The van der Waals surface area contributed by atoms with Gasteiger partial charge in [-0.25, -0.2) is 17.9 Å². The topological polar surface area (TPSA) is 75.3 Å². The Kier molecular flexibility index (Phi) is 4.23. The van der Waals surface area contributed by atoms with E-state index in [9.17, 15) is 13.2 Å². The highest BCUT2D eigenvalue weighted by molar-refractivity contribution is 7.90. The molecule has 0 saturated carbocycles. The summed E-state index contributed by atoms with van der Waals surface area (Å²) in [4.78, 5) is 12.6. The van der Waals surface area contributed by atoms with Crippen molar-refractivity contribution >= 4 is 21.7 Å². The Labute approximate surface area is 153 Å². The second kappa shape index (κ2) is 6.43. The van der Waals surface area contributed by atoms with E-state index in [1.807, 2.05) is 13.0 Å². The minimum absolute atomic E-state index is 0.0937. The largest absolute Gasteiger partial charge is 0.333 e. The lowest BCUT2D eigenvalue weighted by Gasteiger charge is -2.16. The van der Waals surface area contributed by atoms with Gasteiger partial charge in [0.1, 0.15) is 0 Å². The fourth-order valence-corrected chi connectivity index (χ4v) is 5.08. The number of fused-ring (bicyclic) bond motifs is 2. The van der Waals surface area contributed by atoms with Gasteiger partial charge in [0.15, 0.2) is 0 Å². The molecule has 26 heavy (non-hydrogen) atoms. The first-order valence-electron chi connectivity index (χ1n) is 9.01. The molecule has 0 bridgehead atoms. The van der Waals surface area contributed by atoms with Crippen LogP contribution in [0.2, 0.25) is 0 Å². The molecule has 2 amide bonds. The summed E-state index contributed by atoms with van der Waals surface area (Å²) in [5.41, 5.74) is 6.60. The zero-order valence-corrected chi connectivity index (χ0v) is 15.6. The van der Waals surface area contributed by atoms with E-state index in [0.29, 0.717) is 0 Å². The van der Waals surface area contributed by atoms with Gasteiger partial charge < -0.3 is 5.32 Å². The molecule has 4 rings (SSSR count). The van der Waals surface area contributed by atoms with Gasteiger partial charge in [-0.05, 0) is 85.4 Å². The monoisotopic (exact) mass is 370 g/mol. The van der Waals surface area contributed by atoms with Crippen molar-refractivity contribution in [3.05, 3.63) is 58.1 Å². The predicted molar refractivity (Wildman–Crippen MR) is 101 cm³/mol. The summed E-state index contributed by atoms with van der Waals surface area (Å²) in [5, 5.41) is 2.85. The average Bonchev–Trinajstić information content (AvgIpc) is 3.23. The van der Waals surface area contributed by atoms with Crippen LogP contribution in [0.5, 0.6) is 0 Å². The number of anilines is 1. The quantitative estimate of drug-likeness (QED) is 0.868. The Morgan fingerprint density at radius 3 is 2.23 bits per heavy atom. The molecule has 0 spiro atoms. The molecule has 2 N–H and O–H groups in total. The lowest BCUT2D eigenvalue weighted by atomic mass is 9.99. The minimum Gasteiger partial charge on any atom is -0.307 e.